The van der Waals surface area contributed by atoms with E-state index >= 15 is 0 Å². The van der Waals surface area contributed by atoms with E-state index in [1.807, 2.05) is 61.7 Å². The SMILES string of the molecule is CNc1ccc(C=Cc2cc3cc(OC)ccc3o2)cc1OC. The number of benzene rings is 2. The molecular weight excluding hydrogens is 290 g/mol. The van der Waals surface area contributed by atoms with Gasteiger partial charge in [0.15, 0.2) is 0 Å². The zero-order valence-electron chi connectivity index (χ0n) is 13.4. The van der Waals surface area contributed by atoms with Crippen molar-refractivity contribution in [3.05, 3.63) is 53.8 Å². The number of hydrogen-bond donors (Lipinski definition) is 1. The van der Waals surface area contributed by atoms with Crippen molar-refractivity contribution in [2.24, 2.45) is 0 Å². The van der Waals surface area contributed by atoms with Crippen LogP contribution in [0.1, 0.15) is 11.3 Å². The van der Waals surface area contributed by atoms with Crippen LogP contribution in [0.5, 0.6) is 11.5 Å². The predicted molar refractivity (Wildman–Crippen MR) is 94.2 cm³/mol. The van der Waals surface area contributed by atoms with Crippen LogP contribution in [0.15, 0.2) is 46.9 Å². The van der Waals surface area contributed by atoms with Crippen molar-refractivity contribution in [1.82, 2.24) is 0 Å². The Balaban J connectivity index is 1.87. The van der Waals surface area contributed by atoms with Crippen LogP contribution in [0.2, 0.25) is 0 Å². The Labute approximate surface area is 135 Å². The molecule has 0 aliphatic rings. The average molecular weight is 309 g/mol. The van der Waals surface area contributed by atoms with Crippen LogP contribution in [0, 0.1) is 0 Å². The van der Waals surface area contributed by atoms with Crippen molar-refractivity contribution < 1.29 is 13.9 Å². The maximum Gasteiger partial charge on any atom is 0.142 e. The van der Waals surface area contributed by atoms with E-state index in [1.54, 1.807) is 14.2 Å². The first kappa shape index (κ1) is 15.0. The highest BCUT2D eigenvalue weighted by Crippen LogP contribution is 2.27. The minimum Gasteiger partial charge on any atom is -0.497 e. The largest absolute Gasteiger partial charge is 0.497 e. The molecule has 0 atom stereocenters. The summed E-state index contributed by atoms with van der Waals surface area (Å²) in [5.41, 5.74) is 2.84. The lowest BCUT2D eigenvalue weighted by Crippen LogP contribution is -1.93. The van der Waals surface area contributed by atoms with Crippen LogP contribution < -0.4 is 14.8 Å². The van der Waals surface area contributed by atoms with Gasteiger partial charge in [0.1, 0.15) is 22.8 Å². The monoisotopic (exact) mass is 309 g/mol. The second-order valence-electron chi connectivity index (χ2n) is 5.10. The number of anilines is 1. The topological polar surface area (TPSA) is 43.6 Å². The molecule has 0 aliphatic carbocycles. The van der Waals surface area contributed by atoms with Gasteiger partial charge in [-0.3, -0.25) is 0 Å². The molecule has 1 heterocycles. The van der Waals surface area contributed by atoms with Crippen LogP contribution in [-0.2, 0) is 0 Å². The predicted octanol–water partition coefficient (Wildman–Crippen LogP) is 4.66. The van der Waals surface area contributed by atoms with Crippen molar-refractivity contribution in [3.8, 4) is 11.5 Å². The molecule has 0 unspecified atom stereocenters. The summed E-state index contributed by atoms with van der Waals surface area (Å²) in [4.78, 5) is 0. The zero-order valence-corrected chi connectivity index (χ0v) is 13.4. The van der Waals surface area contributed by atoms with Gasteiger partial charge in [-0.25, -0.2) is 0 Å². The van der Waals surface area contributed by atoms with Gasteiger partial charge < -0.3 is 19.2 Å². The number of furan rings is 1. The normalized spacial score (nSPS) is 11.1. The van der Waals surface area contributed by atoms with Gasteiger partial charge in [0.2, 0.25) is 0 Å². The first-order chi connectivity index (χ1) is 11.2. The summed E-state index contributed by atoms with van der Waals surface area (Å²) in [5, 5.41) is 4.12. The second kappa shape index (κ2) is 6.48. The quantitative estimate of drug-likeness (QED) is 0.744. The number of ether oxygens (including phenoxy) is 2. The zero-order chi connectivity index (χ0) is 16.2. The average Bonchev–Trinajstić information content (AvgIpc) is 3.01. The molecule has 0 bridgehead atoms. The molecule has 0 aliphatic heterocycles. The molecule has 4 heteroatoms. The van der Waals surface area contributed by atoms with Crippen LogP contribution >= 0.6 is 0 Å². The molecule has 118 valence electrons. The minimum absolute atomic E-state index is 0.796. The highest BCUT2D eigenvalue weighted by molar-refractivity contribution is 5.83. The molecule has 0 amide bonds. The van der Waals surface area contributed by atoms with Gasteiger partial charge in [0.25, 0.3) is 0 Å². The van der Waals surface area contributed by atoms with Gasteiger partial charge >= 0.3 is 0 Å². The van der Waals surface area contributed by atoms with E-state index < -0.39 is 0 Å². The van der Waals surface area contributed by atoms with Gasteiger partial charge in [-0.1, -0.05) is 12.1 Å². The van der Waals surface area contributed by atoms with Crippen molar-refractivity contribution >= 4 is 28.8 Å². The molecule has 0 spiro atoms. The highest BCUT2D eigenvalue weighted by atomic mass is 16.5. The van der Waals surface area contributed by atoms with E-state index in [1.165, 1.54) is 0 Å². The summed E-state index contributed by atoms with van der Waals surface area (Å²) in [6, 6.07) is 13.7. The summed E-state index contributed by atoms with van der Waals surface area (Å²) in [5.74, 6) is 2.43. The van der Waals surface area contributed by atoms with E-state index in [9.17, 15) is 0 Å². The fraction of sp³-hybridized carbons (Fsp3) is 0.158. The van der Waals surface area contributed by atoms with E-state index in [0.717, 1.165) is 39.5 Å². The third kappa shape index (κ3) is 3.16. The molecule has 0 fully saturated rings. The molecule has 23 heavy (non-hydrogen) atoms. The van der Waals surface area contributed by atoms with Gasteiger partial charge in [0, 0.05) is 12.4 Å². The maximum atomic E-state index is 5.80. The molecule has 0 saturated carbocycles. The van der Waals surface area contributed by atoms with Crippen LogP contribution in [-0.4, -0.2) is 21.3 Å². The molecular formula is C19H19NO3. The molecule has 1 N–H and O–H groups in total. The number of rotatable bonds is 5. The lowest BCUT2D eigenvalue weighted by molar-refractivity contribution is 0.415. The van der Waals surface area contributed by atoms with Crippen molar-refractivity contribution in [2.45, 2.75) is 0 Å². The number of nitrogens with one attached hydrogen (secondary N) is 1. The molecule has 4 nitrogen and oxygen atoms in total. The summed E-state index contributed by atoms with van der Waals surface area (Å²) in [7, 11) is 5.19. The second-order valence-corrected chi connectivity index (χ2v) is 5.10. The van der Waals surface area contributed by atoms with Crippen molar-refractivity contribution in [3.63, 3.8) is 0 Å². The molecule has 3 rings (SSSR count). The van der Waals surface area contributed by atoms with Crippen LogP contribution in [0.3, 0.4) is 0 Å². The van der Waals surface area contributed by atoms with Crippen LogP contribution in [0.4, 0.5) is 5.69 Å². The summed E-state index contributed by atoms with van der Waals surface area (Å²) < 4.78 is 16.4. The molecule has 2 aromatic carbocycles. The lowest BCUT2D eigenvalue weighted by atomic mass is 10.1. The Bertz CT molecular complexity index is 849. The molecule has 1 aromatic heterocycles. The number of fused-ring (bicyclic) bond motifs is 1. The molecule has 3 aromatic rings. The van der Waals surface area contributed by atoms with E-state index in [4.69, 9.17) is 13.9 Å². The Morgan fingerprint density at radius 2 is 1.83 bits per heavy atom. The van der Waals surface area contributed by atoms with Gasteiger partial charge in [-0.15, -0.1) is 0 Å². The Hall–Kier alpha value is -2.88. The Morgan fingerprint density at radius 3 is 2.57 bits per heavy atom. The summed E-state index contributed by atoms with van der Waals surface area (Å²) in [6.07, 6.45) is 3.94. The fourth-order valence-corrected chi connectivity index (χ4v) is 2.45. The van der Waals surface area contributed by atoms with E-state index in [-0.39, 0.29) is 0 Å². The minimum atomic E-state index is 0.796. The third-order valence-corrected chi connectivity index (χ3v) is 3.68. The fourth-order valence-electron chi connectivity index (χ4n) is 2.45. The van der Waals surface area contributed by atoms with Crippen molar-refractivity contribution in [1.29, 1.82) is 0 Å². The van der Waals surface area contributed by atoms with Crippen LogP contribution in [0.25, 0.3) is 23.1 Å². The maximum absolute atomic E-state index is 5.80. The third-order valence-electron chi connectivity index (χ3n) is 3.68. The highest BCUT2D eigenvalue weighted by Gasteiger charge is 2.04. The summed E-state index contributed by atoms with van der Waals surface area (Å²) in [6.45, 7) is 0. The number of hydrogen-bond acceptors (Lipinski definition) is 4. The summed E-state index contributed by atoms with van der Waals surface area (Å²) >= 11 is 0. The standard InChI is InChI=1S/C19H19NO3/c1-20-17-8-5-13(10-19(17)22-3)4-6-16-12-14-11-15(21-2)7-9-18(14)23-16/h4-12,20H,1-3H3. The van der Waals surface area contributed by atoms with Gasteiger partial charge in [-0.2, -0.15) is 0 Å². The molecule has 0 saturated heterocycles. The van der Waals surface area contributed by atoms with E-state index in [2.05, 4.69) is 5.32 Å². The Kier molecular flexibility index (Phi) is 4.24. The van der Waals surface area contributed by atoms with Gasteiger partial charge in [0.05, 0.1) is 19.9 Å². The van der Waals surface area contributed by atoms with E-state index in [0.29, 0.717) is 0 Å². The Morgan fingerprint density at radius 1 is 0.957 bits per heavy atom. The first-order valence-electron chi connectivity index (χ1n) is 7.35. The first-order valence-corrected chi connectivity index (χ1v) is 7.35. The van der Waals surface area contributed by atoms with Gasteiger partial charge in [-0.05, 0) is 48.0 Å². The number of methoxy groups -OCH3 is 2. The smallest absolute Gasteiger partial charge is 0.142 e. The van der Waals surface area contributed by atoms with Crippen molar-refractivity contribution in [2.75, 3.05) is 26.6 Å². The molecule has 0 radical (unpaired) electrons. The lowest BCUT2D eigenvalue weighted by Gasteiger charge is -2.08.